The van der Waals surface area contributed by atoms with Crippen molar-refractivity contribution in [3.63, 3.8) is 0 Å². The molecule has 2 aliphatic rings. The first-order valence-electron chi connectivity index (χ1n) is 10.4. The molecule has 5 heteroatoms. The van der Waals surface area contributed by atoms with Gasteiger partial charge in [-0.3, -0.25) is 9.98 Å². The van der Waals surface area contributed by atoms with Gasteiger partial charge >= 0.3 is 0 Å². The molecule has 2 unspecified atom stereocenters. The average molecular weight is 426 g/mol. The summed E-state index contributed by atoms with van der Waals surface area (Å²) < 4.78 is 6.23. The SMILES string of the molecule is C1=CN2C(=NC(c3ccccn3)CC2Sc2ccccc2)C(OCc2ccccc2)=C1. The average Bonchev–Trinajstić information content (AvgIpc) is 2.84. The van der Waals surface area contributed by atoms with Crippen LogP contribution < -0.4 is 0 Å². The van der Waals surface area contributed by atoms with Crippen molar-refractivity contribution >= 4 is 17.6 Å². The van der Waals surface area contributed by atoms with Gasteiger partial charge in [-0.25, -0.2) is 0 Å². The quantitative estimate of drug-likeness (QED) is 0.487. The molecular weight excluding hydrogens is 402 g/mol. The minimum absolute atomic E-state index is 0.0103. The van der Waals surface area contributed by atoms with E-state index in [1.807, 2.05) is 66.5 Å². The molecule has 0 saturated heterocycles. The number of pyridine rings is 1. The highest BCUT2D eigenvalue weighted by Gasteiger charge is 2.34. The molecule has 0 fully saturated rings. The van der Waals surface area contributed by atoms with E-state index < -0.39 is 0 Å². The van der Waals surface area contributed by atoms with Gasteiger partial charge in [0.05, 0.1) is 17.1 Å². The lowest BCUT2D eigenvalue weighted by Crippen LogP contribution is -2.41. The number of nitrogens with zero attached hydrogens (tertiary/aromatic N) is 3. The van der Waals surface area contributed by atoms with E-state index in [-0.39, 0.29) is 11.4 Å². The number of rotatable bonds is 6. The molecular formula is C26H23N3OS. The third-order valence-corrected chi connectivity index (χ3v) is 6.49. The zero-order chi connectivity index (χ0) is 20.9. The summed E-state index contributed by atoms with van der Waals surface area (Å²) in [6, 6.07) is 26.8. The Morgan fingerprint density at radius 2 is 1.71 bits per heavy atom. The Morgan fingerprint density at radius 1 is 0.935 bits per heavy atom. The lowest BCUT2D eigenvalue weighted by atomic mass is 10.1. The van der Waals surface area contributed by atoms with E-state index in [4.69, 9.17) is 9.73 Å². The second kappa shape index (κ2) is 9.23. The van der Waals surface area contributed by atoms with Gasteiger partial charge in [-0.1, -0.05) is 54.6 Å². The summed E-state index contributed by atoms with van der Waals surface area (Å²) in [7, 11) is 0. The fraction of sp³-hybridized carbons (Fsp3) is 0.154. The lowest BCUT2D eigenvalue weighted by molar-refractivity contribution is 0.208. The zero-order valence-corrected chi connectivity index (χ0v) is 17.9. The van der Waals surface area contributed by atoms with Crippen LogP contribution in [0.1, 0.15) is 23.7 Å². The highest BCUT2D eigenvalue weighted by atomic mass is 32.2. The second-order valence-electron chi connectivity index (χ2n) is 7.40. The number of benzene rings is 2. The Morgan fingerprint density at radius 3 is 2.48 bits per heavy atom. The molecule has 3 aromatic rings. The Kier molecular flexibility index (Phi) is 5.85. The minimum Gasteiger partial charge on any atom is -0.485 e. The van der Waals surface area contributed by atoms with Crippen LogP contribution in [0.3, 0.4) is 0 Å². The van der Waals surface area contributed by atoms with Gasteiger partial charge < -0.3 is 9.64 Å². The predicted octanol–water partition coefficient (Wildman–Crippen LogP) is 5.97. The maximum Gasteiger partial charge on any atom is 0.172 e. The van der Waals surface area contributed by atoms with Crippen LogP contribution in [0.4, 0.5) is 0 Å². The summed E-state index contributed by atoms with van der Waals surface area (Å²) in [5.41, 5.74) is 2.13. The number of aromatic nitrogens is 1. The van der Waals surface area contributed by atoms with E-state index in [1.165, 1.54) is 4.90 Å². The molecule has 2 aliphatic heterocycles. The Balaban J connectivity index is 1.44. The van der Waals surface area contributed by atoms with Crippen molar-refractivity contribution in [1.29, 1.82) is 0 Å². The van der Waals surface area contributed by atoms with Crippen LogP contribution in [0.25, 0.3) is 0 Å². The summed E-state index contributed by atoms with van der Waals surface area (Å²) >= 11 is 1.85. The largest absolute Gasteiger partial charge is 0.485 e. The molecule has 0 bridgehead atoms. The second-order valence-corrected chi connectivity index (χ2v) is 8.65. The van der Waals surface area contributed by atoms with Crippen LogP contribution in [0.5, 0.6) is 0 Å². The molecule has 0 aliphatic carbocycles. The summed E-state index contributed by atoms with van der Waals surface area (Å²) in [6.45, 7) is 0.512. The standard InChI is InChI=1S/C26H23N3OS/c1-3-10-20(11-4-1)19-30-24-15-9-17-29-25(31-21-12-5-2-6-13-21)18-23(28-26(24)29)22-14-7-8-16-27-22/h1-17,23,25H,18-19H2. The summed E-state index contributed by atoms with van der Waals surface area (Å²) in [6.07, 6.45) is 8.85. The van der Waals surface area contributed by atoms with Crippen molar-refractivity contribution in [2.24, 2.45) is 4.99 Å². The first-order valence-corrected chi connectivity index (χ1v) is 11.3. The van der Waals surface area contributed by atoms with Gasteiger partial charge in [-0.05, 0) is 42.0 Å². The monoisotopic (exact) mass is 425 g/mol. The molecule has 4 nitrogen and oxygen atoms in total. The van der Waals surface area contributed by atoms with Gasteiger partial charge in [0, 0.05) is 23.7 Å². The van der Waals surface area contributed by atoms with Gasteiger partial charge in [0.15, 0.2) is 11.6 Å². The first kappa shape index (κ1) is 19.6. The van der Waals surface area contributed by atoms with Crippen molar-refractivity contribution in [2.75, 3.05) is 0 Å². The third-order valence-electron chi connectivity index (χ3n) is 5.25. The van der Waals surface area contributed by atoms with Crippen LogP contribution in [-0.4, -0.2) is 21.1 Å². The summed E-state index contributed by atoms with van der Waals surface area (Å²) in [5, 5.41) is 0.196. The smallest absolute Gasteiger partial charge is 0.172 e. The van der Waals surface area contributed by atoms with Crippen LogP contribution in [0.2, 0.25) is 0 Å². The number of fused-ring (bicyclic) bond motifs is 1. The molecule has 0 N–H and O–H groups in total. The minimum atomic E-state index is -0.0103. The van der Waals surface area contributed by atoms with Crippen molar-refractivity contribution in [3.05, 3.63) is 120 Å². The molecule has 154 valence electrons. The fourth-order valence-corrected chi connectivity index (χ4v) is 4.92. The zero-order valence-electron chi connectivity index (χ0n) is 17.0. The van der Waals surface area contributed by atoms with E-state index in [0.717, 1.165) is 29.3 Å². The molecule has 0 saturated carbocycles. The number of amidine groups is 1. The van der Waals surface area contributed by atoms with Crippen LogP contribution in [0, 0.1) is 0 Å². The number of hydrogen-bond acceptors (Lipinski definition) is 5. The third kappa shape index (κ3) is 4.57. The van der Waals surface area contributed by atoms with Gasteiger partial charge in [0.1, 0.15) is 6.61 Å². The molecule has 3 heterocycles. The summed E-state index contributed by atoms with van der Waals surface area (Å²) in [5.74, 6) is 1.67. The Labute approximate surface area is 187 Å². The van der Waals surface area contributed by atoms with E-state index >= 15 is 0 Å². The van der Waals surface area contributed by atoms with E-state index in [1.54, 1.807) is 0 Å². The highest BCUT2D eigenvalue weighted by molar-refractivity contribution is 7.99. The molecule has 2 aromatic carbocycles. The van der Waals surface area contributed by atoms with Gasteiger partial charge in [-0.2, -0.15) is 0 Å². The van der Waals surface area contributed by atoms with Gasteiger partial charge in [-0.15, -0.1) is 11.8 Å². The van der Waals surface area contributed by atoms with Gasteiger partial charge in [0.25, 0.3) is 0 Å². The molecule has 1 aromatic heterocycles. The van der Waals surface area contributed by atoms with Crippen LogP contribution in [0.15, 0.2) is 119 Å². The normalized spacial score (nSPS) is 19.9. The Hall–Kier alpha value is -3.31. The van der Waals surface area contributed by atoms with E-state index in [2.05, 4.69) is 58.5 Å². The molecule has 0 spiro atoms. The predicted molar refractivity (Wildman–Crippen MR) is 125 cm³/mol. The van der Waals surface area contributed by atoms with E-state index in [0.29, 0.717) is 6.61 Å². The fourth-order valence-electron chi connectivity index (χ4n) is 3.73. The number of allylic oxidation sites excluding steroid dienone is 2. The number of hydrogen-bond donors (Lipinski definition) is 0. The Bertz CT molecular complexity index is 1100. The molecule has 2 atom stereocenters. The molecule has 0 amide bonds. The van der Waals surface area contributed by atoms with E-state index in [9.17, 15) is 0 Å². The maximum absolute atomic E-state index is 6.23. The van der Waals surface area contributed by atoms with Gasteiger partial charge in [0.2, 0.25) is 0 Å². The molecule has 0 radical (unpaired) electrons. The van der Waals surface area contributed by atoms with Crippen molar-refractivity contribution in [2.45, 2.75) is 29.3 Å². The van der Waals surface area contributed by atoms with Crippen molar-refractivity contribution < 1.29 is 4.74 Å². The summed E-state index contributed by atoms with van der Waals surface area (Å²) in [4.78, 5) is 13.1. The van der Waals surface area contributed by atoms with Crippen molar-refractivity contribution in [3.8, 4) is 0 Å². The molecule has 5 rings (SSSR count). The van der Waals surface area contributed by atoms with Crippen molar-refractivity contribution in [1.82, 2.24) is 9.88 Å². The van der Waals surface area contributed by atoms with Crippen LogP contribution in [-0.2, 0) is 11.3 Å². The lowest BCUT2D eigenvalue weighted by Gasteiger charge is -2.39. The first-order chi connectivity index (χ1) is 15.4. The molecule has 31 heavy (non-hydrogen) atoms. The number of aliphatic imine (C=N–C) groups is 1. The topological polar surface area (TPSA) is 37.7 Å². The highest BCUT2D eigenvalue weighted by Crippen LogP contribution is 2.39. The number of thioether (sulfide) groups is 1. The maximum atomic E-state index is 6.23. The van der Waals surface area contributed by atoms with Crippen LogP contribution >= 0.6 is 11.8 Å². The number of ether oxygens (including phenoxy) is 1.